The number of hydrogen-bond acceptors (Lipinski definition) is 2. The second-order valence-electron chi connectivity index (χ2n) is 5.78. The van der Waals surface area contributed by atoms with E-state index < -0.39 is 0 Å². The maximum absolute atomic E-state index is 10.7. The Balaban J connectivity index is 1.67. The van der Waals surface area contributed by atoms with Gasteiger partial charge in [0.15, 0.2) is 0 Å². The van der Waals surface area contributed by atoms with Crippen LogP contribution in [0, 0.1) is 5.92 Å². The van der Waals surface area contributed by atoms with Gasteiger partial charge in [-0.15, -0.1) is 0 Å². The standard InChI is InChI=1S/C16H21NO/c18-9-8-14-10-15-6-7-16(11-14)17(15)12-13-4-2-1-3-5-13/h1-5,9,14-16H,6-8,10-12H2. The number of carbonyl (C=O) groups is 1. The lowest BCUT2D eigenvalue weighted by Gasteiger charge is -2.38. The Kier molecular flexibility index (Phi) is 3.46. The molecule has 2 saturated heterocycles. The number of rotatable bonds is 4. The van der Waals surface area contributed by atoms with Crippen molar-refractivity contribution in [2.45, 2.75) is 50.7 Å². The highest BCUT2D eigenvalue weighted by atomic mass is 16.1. The number of hydrogen-bond donors (Lipinski definition) is 0. The summed E-state index contributed by atoms with van der Waals surface area (Å²) in [6.45, 7) is 1.09. The van der Waals surface area contributed by atoms with Gasteiger partial charge in [-0.05, 0) is 37.2 Å². The molecular formula is C16H21NO. The van der Waals surface area contributed by atoms with Crippen molar-refractivity contribution in [2.75, 3.05) is 0 Å². The smallest absolute Gasteiger partial charge is 0.120 e. The first-order valence-electron chi connectivity index (χ1n) is 7.10. The molecule has 0 amide bonds. The van der Waals surface area contributed by atoms with Crippen LogP contribution >= 0.6 is 0 Å². The highest BCUT2D eigenvalue weighted by molar-refractivity contribution is 5.49. The van der Waals surface area contributed by atoms with E-state index in [1.165, 1.54) is 31.2 Å². The van der Waals surface area contributed by atoms with Crippen molar-refractivity contribution in [2.24, 2.45) is 5.92 Å². The molecule has 0 radical (unpaired) electrons. The normalized spacial score (nSPS) is 31.4. The van der Waals surface area contributed by atoms with Crippen molar-refractivity contribution in [3.63, 3.8) is 0 Å². The predicted octanol–water partition coefficient (Wildman–Crippen LogP) is 3.02. The highest BCUT2D eigenvalue weighted by Crippen LogP contribution is 2.40. The first-order valence-corrected chi connectivity index (χ1v) is 7.10. The van der Waals surface area contributed by atoms with Gasteiger partial charge >= 0.3 is 0 Å². The van der Waals surface area contributed by atoms with Crippen LogP contribution in [0.1, 0.15) is 37.7 Å². The maximum Gasteiger partial charge on any atom is 0.120 e. The molecule has 2 heterocycles. The van der Waals surface area contributed by atoms with Crippen LogP contribution in [-0.4, -0.2) is 23.3 Å². The fraction of sp³-hybridized carbons (Fsp3) is 0.562. The van der Waals surface area contributed by atoms with Gasteiger partial charge in [0.2, 0.25) is 0 Å². The second-order valence-corrected chi connectivity index (χ2v) is 5.78. The molecule has 2 fully saturated rings. The molecule has 0 aliphatic carbocycles. The lowest BCUT2D eigenvalue weighted by molar-refractivity contribution is -0.109. The monoisotopic (exact) mass is 243 g/mol. The molecule has 2 nitrogen and oxygen atoms in total. The van der Waals surface area contributed by atoms with E-state index in [2.05, 4.69) is 35.2 Å². The zero-order chi connectivity index (χ0) is 12.4. The summed E-state index contributed by atoms with van der Waals surface area (Å²) in [5, 5.41) is 0. The van der Waals surface area contributed by atoms with Crippen LogP contribution in [-0.2, 0) is 11.3 Å². The number of benzene rings is 1. The summed E-state index contributed by atoms with van der Waals surface area (Å²) in [5.41, 5.74) is 1.42. The van der Waals surface area contributed by atoms with Crippen molar-refractivity contribution < 1.29 is 4.79 Å². The number of nitrogens with zero attached hydrogens (tertiary/aromatic N) is 1. The summed E-state index contributed by atoms with van der Waals surface area (Å²) >= 11 is 0. The molecule has 1 aromatic carbocycles. The molecule has 2 bridgehead atoms. The zero-order valence-corrected chi connectivity index (χ0v) is 10.8. The Morgan fingerprint density at radius 1 is 1.11 bits per heavy atom. The first kappa shape index (κ1) is 11.9. The average Bonchev–Trinajstić information content (AvgIpc) is 2.63. The molecule has 0 aromatic heterocycles. The number of fused-ring (bicyclic) bond motifs is 2. The largest absolute Gasteiger partial charge is 0.303 e. The first-order chi connectivity index (χ1) is 8.86. The molecule has 2 aliphatic heterocycles. The number of piperidine rings is 1. The van der Waals surface area contributed by atoms with E-state index in [4.69, 9.17) is 0 Å². The van der Waals surface area contributed by atoms with Gasteiger partial charge in [0, 0.05) is 25.0 Å². The number of aldehydes is 1. The highest BCUT2D eigenvalue weighted by Gasteiger charge is 2.40. The van der Waals surface area contributed by atoms with Crippen molar-refractivity contribution in [3.8, 4) is 0 Å². The molecule has 2 heteroatoms. The van der Waals surface area contributed by atoms with Gasteiger partial charge in [-0.2, -0.15) is 0 Å². The van der Waals surface area contributed by atoms with E-state index in [9.17, 15) is 4.79 Å². The quantitative estimate of drug-likeness (QED) is 0.758. The average molecular weight is 243 g/mol. The topological polar surface area (TPSA) is 20.3 Å². The molecule has 3 rings (SSSR count). The van der Waals surface area contributed by atoms with Crippen molar-refractivity contribution in [1.29, 1.82) is 0 Å². The molecule has 2 aliphatic rings. The Labute approximate surface area is 109 Å². The lowest BCUT2D eigenvalue weighted by atomic mass is 9.88. The van der Waals surface area contributed by atoms with Crippen molar-refractivity contribution >= 4 is 6.29 Å². The van der Waals surface area contributed by atoms with Gasteiger partial charge in [-0.25, -0.2) is 0 Å². The lowest BCUT2D eigenvalue weighted by Crippen LogP contribution is -2.42. The Bertz CT molecular complexity index is 389. The third-order valence-electron chi connectivity index (χ3n) is 4.62. The summed E-state index contributed by atoms with van der Waals surface area (Å²) in [5.74, 6) is 0.645. The molecule has 0 spiro atoms. The third-order valence-corrected chi connectivity index (χ3v) is 4.62. The van der Waals surface area contributed by atoms with Gasteiger partial charge in [-0.3, -0.25) is 4.90 Å². The molecule has 2 unspecified atom stereocenters. The Morgan fingerprint density at radius 3 is 2.39 bits per heavy atom. The minimum absolute atomic E-state index is 0.645. The van der Waals surface area contributed by atoms with Gasteiger partial charge in [0.1, 0.15) is 6.29 Å². The van der Waals surface area contributed by atoms with E-state index >= 15 is 0 Å². The fourth-order valence-electron chi connectivity index (χ4n) is 3.77. The third kappa shape index (κ3) is 2.35. The van der Waals surface area contributed by atoms with Crippen LogP contribution in [0.2, 0.25) is 0 Å². The van der Waals surface area contributed by atoms with Crippen LogP contribution in [0.25, 0.3) is 0 Å². The van der Waals surface area contributed by atoms with Crippen LogP contribution in [0.15, 0.2) is 30.3 Å². The molecule has 0 saturated carbocycles. The van der Waals surface area contributed by atoms with E-state index in [0.717, 1.165) is 19.3 Å². The summed E-state index contributed by atoms with van der Waals surface area (Å²) < 4.78 is 0. The van der Waals surface area contributed by atoms with Crippen molar-refractivity contribution in [1.82, 2.24) is 4.90 Å². The SMILES string of the molecule is O=CCC1CC2CCC(C1)N2Cc1ccccc1. The fourth-order valence-corrected chi connectivity index (χ4v) is 3.77. The van der Waals surface area contributed by atoms with E-state index in [0.29, 0.717) is 18.0 Å². The summed E-state index contributed by atoms with van der Waals surface area (Å²) in [4.78, 5) is 13.3. The van der Waals surface area contributed by atoms with Gasteiger partial charge in [-0.1, -0.05) is 30.3 Å². The molecule has 0 N–H and O–H groups in total. The predicted molar refractivity (Wildman–Crippen MR) is 72.2 cm³/mol. The Hall–Kier alpha value is -1.15. The summed E-state index contributed by atoms with van der Waals surface area (Å²) in [6, 6.07) is 12.2. The molecule has 1 aromatic rings. The van der Waals surface area contributed by atoms with Gasteiger partial charge in [0.25, 0.3) is 0 Å². The van der Waals surface area contributed by atoms with Crippen molar-refractivity contribution in [3.05, 3.63) is 35.9 Å². The number of carbonyl (C=O) groups excluding carboxylic acids is 1. The molecule has 18 heavy (non-hydrogen) atoms. The summed E-state index contributed by atoms with van der Waals surface area (Å²) in [7, 11) is 0. The molecule has 2 atom stereocenters. The molecule has 96 valence electrons. The van der Waals surface area contributed by atoms with Crippen LogP contribution in [0.3, 0.4) is 0 Å². The van der Waals surface area contributed by atoms with E-state index in [1.807, 2.05) is 0 Å². The van der Waals surface area contributed by atoms with Crippen LogP contribution in [0.5, 0.6) is 0 Å². The van der Waals surface area contributed by atoms with Gasteiger partial charge in [0.05, 0.1) is 0 Å². The minimum Gasteiger partial charge on any atom is -0.303 e. The molecular weight excluding hydrogens is 222 g/mol. The maximum atomic E-state index is 10.7. The van der Waals surface area contributed by atoms with Crippen LogP contribution in [0.4, 0.5) is 0 Å². The van der Waals surface area contributed by atoms with E-state index in [-0.39, 0.29) is 0 Å². The van der Waals surface area contributed by atoms with Crippen LogP contribution < -0.4 is 0 Å². The second kappa shape index (κ2) is 5.23. The zero-order valence-electron chi connectivity index (χ0n) is 10.8. The minimum atomic E-state index is 0.645. The van der Waals surface area contributed by atoms with E-state index in [1.54, 1.807) is 0 Å². The van der Waals surface area contributed by atoms with Gasteiger partial charge < -0.3 is 4.79 Å². The Morgan fingerprint density at radius 2 is 1.78 bits per heavy atom. The summed E-state index contributed by atoms with van der Waals surface area (Å²) in [6.07, 6.45) is 6.98.